The van der Waals surface area contributed by atoms with Crippen LogP contribution in [0.15, 0.2) is 15.5 Å². The lowest BCUT2D eigenvalue weighted by Gasteiger charge is -2.33. The van der Waals surface area contributed by atoms with Crippen LogP contribution in [-0.2, 0) is 0 Å². The summed E-state index contributed by atoms with van der Waals surface area (Å²) in [6.45, 7) is 0.756. The third kappa shape index (κ3) is 2.85. The molecule has 0 spiro atoms. The van der Waals surface area contributed by atoms with Gasteiger partial charge in [0, 0.05) is 15.4 Å². The first-order valence-corrected chi connectivity index (χ1v) is 9.18. The Morgan fingerprint density at radius 1 is 1.30 bits per heavy atom. The summed E-state index contributed by atoms with van der Waals surface area (Å²) in [5, 5.41) is 0. The fourth-order valence-corrected chi connectivity index (χ4v) is 5.07. The van der Waals surface area contributed by atoms with Crippen molar-refractivity contribution in [3.63, 3.8) is 0 Å². The molecule has 3 nitrogen and oxygen atoms in total. The number of hydrogen-bond acceptors (Lipinski definition) is 4. The van der Waals surface area contributed by atoms with Crippen LogP contribution >= 0.6 is 38.9 Å². The summed E-state index contributed by atoms with van der Waals surface area (Å²) < 4.78 is 1.79. The third-order valence-corrected chi connectivity index (χ3v) is 6.81. The number of nitrogens with zero attached hydrogens (tertiary/aromatic N) is 2. The maximum absolute atomic E-state index is 6.19. The van der Waals surface area contributed by atoms with Crippen LogP contribution in [-0.4, -0.2) is 23.4 Å². The standard InChI is InChI=1S/C14H19BrClN3S/c15-10-7-12(20-13(10)16)11-8-18-14(17)19(11)9-5-3-1-2-4-6-9/h7,9,11H,1-6,8H2,(H2,17,18). The van der Waals surface area contributed by atoms with Gasteiger partial charge in [-0.05, 0) is 34.8 Å². The molecule has 0 bridgehead atoms. The highest BCUT2D eigenvalue weighted by Gasteiger charge is 2.34. The quantitative estimate of drug-likeness (QED) is 0.769. The Bertz CT molecular complexity index is 489. The van der Waals surface area contributed by atoms with Crippen LogP contribution in [0.4, 0.5) is 0 Å². The zero-order valence-electron chi connectivity index (χ0n) is 11.3. The summed E-state index contributed by atoms with van der Waals surface area (Å²) in [6, 6.07) is 2.93. The lowest BCUT2D eigenvalue weighted by atomic mass is 10.0. The first kappa shape index (κ1) is 14.7. The van der Waals surface area contributed by atoms with Gasteiger partial charge in [0.25, 0.3) is 0 Å². The van der Waals surface area contributed by atoms with Crippen molar-refractivity contribution >= 4 is 44.8 Å². The monoisotopic (exact) mass is 375 g/mol. The highest BCUT2D eigenvalue weighted by molar-refractivity contribution is 9.10. The molecule has 1 unspecified atom stereocenters. The zero-order chi connectivity index (χ0) is 14.1. The van der Waals surface area contributed by atoms with E-state index in [-0.39, 0.29) is 6.04 Å². The Hall–Kier alpha value is -0.260. The zero-order valence-corrected chi connectivity index (χ0v) is 14.5. The number of thiophene rings is 1. The fourth-order valence-electron chi connectivity index (χ4n) is 3.24. The topological polar surface area (TPSA) is 41.6 Å². The minimum Gasteiger partial charge on any atom is -0.370 e. The van der Waals surface area contributed by atoms with Gasteiger partial charge in [-0.1, -0.05) is 37.3 Å². The summed E-state index contributed by atoms with van der Waals surface area (Å²) in [5.41, 5.74) is 6.17. The van der Waals surface area contributed by atoms with E-state index >= 15 is 0 Å². The second kappa shape index (κ2) is 6.24. The molecule has 1 aliphatic carbocycles. The fraction of sp³-hybridized carbons (Fsp3) is 0.643. The highest BCUT2D eigenvalue weighted by Crippen LogP contribution is 2.40. The van der Waals surface area contributed by atoms with E-state index in [0.29, 0.717) is 12.0 Å². The number of nitrogens with two attached hydrogens (primary N) is 1. The molecule has 2 N–H and O–H groups in total. The molecule has 20 heavy (non-hydrogen) atoms. The van der Waals surface area contributed by atoms with Gasteiger partial charge in [0.2, 0.25) is 0 Å². The van der Waals surface area contributed by atoms with Crippen molar-refractivity contribution in [3.8, 4) is 0 Å². The second-order valence-corrected chi connectivity index (χ2v) is 8.08. The largest absolute Gasteiger partial charge is 0.370 e. The molecular weight excluding hydrogens is 358 g/mol. The van der Waals surface area contributed by atoms with Gasteiger partial charge in [-0.2, -0.15) is 0 Å². The minimum atomic E-state index is 0.270. The van der Waals surface area contributed by atoms with E-state index in [1.54, 1.807) is 11.3 Å². The average molecular weight is 377 g/mol. The van der Waals surface area contributed by atoms with Gasteiger partial charge in [-0.3, -0.25) is 4.99 Å². The van der Waals surface area contributed by atoms with Crippen LogP contribution in [0.1, 0.15) is 49.4 Å². The SMILES string of the molecule is NC1=NCC(c2cc(Br)c(Cl)s2)N1C1CCCCCC1. The Morgan fingerprint density at radius 3 is 2.60 bits per heavy atom. The molecule has 0 radical (unpaired) electrons. The van der Waals surface area contributed by atoms with Crippen molar-refractivity contribution in [2.45, 2.75) is 50.6 Å². The lowest BCUT2D eigenvalue weighted by molar-refractivity contribution is 0.240. The molecule has 0 aromatic carbocycles. The summed E-state index contributed by atoms with van der Waals surface area (Å²) in [7, 11) is 0. The second-order valence-electron chi connectivity index (χ2n) is 5.54. The predicted octanol–water partition coefficient (Wildman–Crippen LogP) is 4.56. The molecule has 1 fully saturated rings. The first-order chi connectivity index (χ1) is 9.66. The molecule has 110 valence electrons. The van der Waals surface area contributed by atoms with Crippen LogP contribution in [0.3, 0.4) is 0 Å². The van der Waals surface area contributed by atoms with E-state index in [1.165, 1.54) is 43.4 Å². The van der Waals surface area contributed by atoms with Gasteiger partial charge in [-0.25, -0.2) is 0 Å². The van der Waals surface area contributed by atoms with E-state index in [4.69, 9.17) is 17.3 Å². The van der Waals surface area contributed by atoms with Crippen LogP contribution in [0.2, 0.25) is 4.34 Å². The molecule has 6 heteroatoms. The Labute approximate surface area is 137 Å². The van der Waals surface area contributed by atoms with Crippen molar-refractivity contribution in [3.05, 3.63) is 19.8 Å². The molecule has 1 aliphatic heterocycles. The van der Waals surface area contributed by atoms with Gasteiger partial charge in [0.15, 0.2) is 5.96 Å². The van der Waals surface area contributed by atoms with Crippen LogP contribution < -0.4 is 5.73 Å². The first-order valence-electron chi connectivity index (χ1n) is 7.20. The predicted molar refractivity (Wildman–Crippen MR) is 89.6 cm³/mol. The van der Waals surface area contributed by atoms with Crippen molar-refractivity contribution in [2.24, 2.45) is 10.7 Å². The van der Waals surface area contributed by atoms with Crippen molar-refractivity contribution in [1.29, 1.82) is 0 Å². The van der Waals surface area contributed by atoms with Crippen molar-refractivity contribution in [1.82, 2.24) is 4.90 Å². The number of aliphatic imine (C=N–C) groups is 1. The summed E-state index contributed by atoms with van der Waals surface area (Å²) in [6.07, 6.45) is 7.76. The van der Waals surface area contributed by atoms with E-state index < -0.39 is 0 Å². The van der Waals surface area contributed by atoms with Gasteiger partial charge >= 0.3 is 0 Å². The van der Waals surface area contributed by atoms with E-state index in [1.807, 2.05) is 0 Å². The summed E-state index contributed by atoms with van der Waals surface area (Å²) >= 11 is 11.3. The smallest absolute Gasteiger partial charge is 0.192 e. The molecule has 2 aliphatic rings. The number of hydrogen-bond donors (Lipinski definition) is 1. The Morgan fingerprint density at radius 2 is 2.00 bits per heavy atom. The molecule has 1 aromatic heterocycles. The Kier molecular flexibility index (Phi) is 4.58. The summed E-state index contributed by atoms with van der Waals surface area (Å²) in [5.74, 6) is 0.711. The van der Waals surface area contributed by atoms with Crippen LogP contribution in [0, 0.1) is 0 Å². The average Bonchev–Trinajstić information content (AvgIpc) is 2.84. The molecule has 3 rings (SSSR count). The van der Waals surface area contributed by atoms with Gasteiger partial charge in [-0.15, -0.1) is 11.3 Å². The number of guanidine groups is 1. The van der Waals surface area contributed by atoms with Gasteiger partial charge in [0.1, 0.15) is 4.34 Å². The molecule has 0 amide bonds. The normalized spacial score (nSPS) is 24.8. The van der Waals surface area contributed by atoms with E-state index in [0.717, 1.165) is 15.4 Å². The van der Waals surface area contributed by atoms with Crippen molar-refractivity contribution < 1.29 is 0 Å². The molecule has 1 atom stereocenters. The molecule has 1 aromatic rings. The van der Waals surface area contributed by atoms with Crippen LogP contribution in [0.25, 0.3) is 0 Å². The maximum atomic E-state index is 6.19. The number of halogens is 2. The molecular formula is C14H19BrClN3S. The summed E-state index contributed by atoms with van der Waals surface area (Å²) in [4.78, 5) is 8.10. The lowest BCUT2D eigenvalue weighted by Crippen LogP contribution is -2.43. The maximum Gasteiger partial charge on any atom is 0.192 e. The van der Waals surface area contributed by atoms with Crippen LogP contribution in [0.5, 0.6) is 0 Å². The minimum absolute atomic E-state index is 0.270. The molecule has 2 heterocycles. The van der Waals surface area contributed by atoms with Gasteiger partial charge < -0.3 is 10.6 Å². The van der Waals surface area contributed by atoms with Crippen molar-refractivity contribution in [2.75, 3.05) is 6.54 Å². The van der Waals surface area contributed by atoms with E-state index in [2.05, 4.69) is 31.9 Å². The highest BCUT2D eigenvalue weighted by atomic mass is 79.9. The number of rotatable bonds is 2. The van der Waals surface area contributed by atoms with Gasteiger partial charge in [0.05, 0.1) is 12.6 Å². The molecule has 1 saturated carbocycles. The van der Waals surface area contributed by atoms with E-state index in [9.17, 15) is 0 Å². The Balaban J connectivity index is 1.83. The molecule has 0 saturated heterocycles. The third-order valence-electron chi connectivity index (χ3n) is 4.24.